The fourth-order valence-electron chi connectivity index (χ4n) is 1.91. The van der Waals surface area contributed by atoms with Gasteiger partial charge in [0.15, 0.2) is 0 Å². The molecule has 2 amide bonds. The summed E-state index contributed by atoms with van der Waals surface area (Å²) in [7, 11) is 0. The fourth-order valence-corrected chi connectivity index (χ4v) is 2.18. The SMILES string of the molecule is CCC/C=C/C(C)N(C(=O)OCc1ccccc1)C(=O)C(Cl)(Cl)Cl. The standard InChI is InChI=1S/C17H20Cl3NO3/c1-3-4-6-9-13(2)21(15(22)17(18,19)20)16(23)24-12-14-10-7-5-8-11-14/h5-11,13H,3-4,12H2,1-2H3/b9-6+. The third kappa shape index (κ3) is 6.71. The first kappa shape index (κ1) is 20.8. The summed E-state index contributed by atoms with van der Waals surface area (Å²) in [5.41, 5.74) is 0.793. The number of carbonyl (C=O) groups excluding carboxylic acids is 2. The fraction of sp³-hybridized carbons (Fsp3) is 0.412. The minimum absolute atomic E-state index is 0.0225. The number of rotatable bonds is 6. The van der Waals surface area contributed by atoms with Gasteiger partial charge in [0.2, 0.25) is 0 Å². The molecule has 132 valence electrons. The van der Waals surface area contributed by atoms with Crippen LogP contribution in [0, 0.1) is 0 Å². The molecule has 1 aromatic carbocycles. The molecule has 0 aliphatic carbocycles. The van der Waals surface area contributed by atoms with Gasteiger partial charge in [0.25, 0.3) is 9.70 Å². The Balaban J connectivity index is 2.86. The number of hydrogen-bond donors (Lipinski definition) is 0. The maximum Gasteiger partial charge on any atom is 0.417 e. The number of nitrogens with zero attached hydrogens (tertiary/aromatic N) is 1. The zero-order chi connectivity index (χ0) is 18.2. The van der Waals surface area contributed by atoms with E-state index in [-0.39, 0.29) is 6.61 Å². The quantitative estimate of drug-likeness (QED) is 0.489. The molecule has 0 spiro atoms. The topological polar surface area (TPSA) is 46.6 Å². The summed E-state index contributed by atoms with van der Waals surface area (Å²) in [6, 6.07) is 8.51. The van der Waals surface area contributed by atoms with E-state index >= 15 is 0 Å². The average Bonchev–Trinajstić information content (AvgIpc) is 2.53. The zero-order valence-electron chi connectivity index (χ0n) is 13.5. The normalized spacial score (nSPS) is 12.9. The Bertz CT molecular complexity index is 570. The molecular formula is C17H20Cl3NO3. The van der Waals surface area contributed by atoms with Crippen molar-refractivity contribution in [3.05, 3.63) is 48.0 Å². The third-order valence-electron chi connectivity index (χ3n) is 3.14. The maximum atomic E-state index is 12.4. The molecule has 0 bridgehead atoms. The van der Waals surface area contributed by atoms with Crippen molar-refractivity contribution in [1.82, 2.24) is 4.90 Å². The van der Waals surface area contributed by atoms with Gasteiger partial charge in [0, 0.05) is 0 Å². The van der Waals surface area contributed by atoms with Crippen LogP contribution < -0.4 is 0 Å². The lowest BCUT2D eigenvalue weighted by molar-refractivity contribution is -0.129. The molecule has 0 N–H and O–H groups in total. The Morgan fingerprint density at radius 1 is 1.25 bits per heavy atom. The summed E-state index contributed by atoms with van der Waals surface area (Å²) >= 11 is 17.0. The molecule has 24 heavy (non-hydrogen) atoms. The molecule has 1 rings (SSSR count). The largest absolute Gasteiger partial charge is 0.444 e. The molecule has 0 fully saturated rings. The second-order valence-electron chi connectivity index (χ2n) is 5.17. The highest BCUT2D eigenvalue weighted by Crippen LogP contribution is 2.30. The van der Waals surface area contributed by atoms with Gasteiger partial charge < -0.3 is 4.74 Å². The van der Waals surface area contributed by atoms with Gasteiger partial charge in [-0.1, -0.05) is 90.6 Å². The highest BCUT2D eigenvalue weighted by atomic mass is 35.6. The Hall–Kier alpha value is -1.23. The van der Waals surface area contributed by atoms with Crippen molar-refractivity contribution >= 4 is 46.8 Å². The van der Waals surface area contributed by atoms with E-state index in [1.54, 1.807) is 25.1 Å². The summed E-state index contributed by atoms with van der Waals surface area (Å²) < 4.78 is 2.95. The first-order chi connectivity index (χ1) is 11.3. The Morgan fingerprint density at radius 3 is 2.42 bits per heavy atom. The van der Waals surface area contributed by atoms with E-state index in [9.17, 15) is 9.59 Å². The van der Waals surface area contributed by atoms with E-state index in [4.69, 9.17) is 39.5 Å². The van der Waals surface area contributed by atoms with Crippen LogP contribution in [-0.4, -0.2) is 26.7 Å². The lowest BCUT2D eigenvalue weighted by atomic mass is 10.2. The number of carbonyl (C=O) groups is 2. The molecule has 0 saturated heterocycles. The van der Waals surface area contributed by atoms with Gasteiger partial charge in [-0.2, -0.15) is 0 Å². The third-order valence-corrected chi connectivity index (χ3v) is 3.63. The molecule has 7 heteroatoms. The minimum atomic E-state index is -2.24. The molecule has 0 aliphatic heterocycles. The zero-order valence-corrected chi connectivity index (χ0v) is 15.8. The number of ether oxygens (including phenoxy) is 1. The number of hydrogen-bond acceptors (Lipinski definition) is 3. The number of halogens is 3. The summed E-state index contributed by atoms with van der Waals surface area (Å²) in [5, 5.41) is 0. The number of benzene rings is 1. The minimum Gasteiger partial charge on any atom is -0.444 e. The van der Waals surface area contributed by atoms with Crippen molar-refractivity contribution in [3.8, 4) is 0 Å². The van der Waals surface area contributed by atoms with Gasteiger partial charge >= 0.3 is 6.09 Å². The van der Waals surface area contributed by atoms with Gasteiger partial charge in [-0.3, -0.25) is 4.79 Å². The van der Waals surface area contributed by atoms with Crippen LogP contribution in [0.5, 0.6) is 0 Å². The van der Waals surface area contributed by atoms with Crippen molar-refractivity contribution in [1.29, 1.82) is 0 Å². The van der Waals surface area contributed by atoms with Crippen LogP contribution in [-0.2, 0) is 16.1 Å². The van der Waals surface area contributed by atoms with Crippen molar-refractivity contribution in [2.75, 3.05) is 0 Å². The molecule has 0 heterocycles. The lowest BCUT2D eigenvalue weighted by Crippen LogP contribution is -2.48. The molecule has 0 aromatic heterocycles. The van der Waals surface area contributed by atoms with Crippen LogP contribution in [0.4, 0.5) is 4.79 Å². The first-order valence-corrected chi connectivity index (χ1v) is 8.68. The van der Waals surface area contributed by atoms with E-state index in [0.717, 1.165) is 23.3 Å². The van der Waals surface area contributed by atoms with Crippen molar-refractivity contribution < 1.29 is 14.3 Å². The van der Waals surface area contributed by atoms with E-state index in [1.165, 1.54) is 0 Å². The van der Waals surface area contributed by atoms with Crippen LogP contribution >= 0.6 is 34.8 Å². The summed E-state index contributed by atoms with van der Waals surface area (Å²) in [6.07, 6.45) is 4.48. The molecular weight excluding hydrogens is 373 g/mol. The Morgan fingerprint density at radius 2 is 1.88 bits per heavy atom. The predicted molar refractivity (Wildman–Crippen MR) is 97.3 cm³/mol. The van der Waals surface area contributed by atoms with E-state index in [2.05, 4.69) is 0 Å². The molecule has 1 aromatic rings. The van der Waals surface area contributed by atoms with Gasteiger partial charge in [-0.25, -0.2) is 9.69 Å². The second-order valence-corrected chi connectivity index (χ2v) is 7.45. The van der Waals surface area contributed by atoms with E-state index in [0.29, 0.717) is 0 Å². The van der Waals surface area contributed by atoms with Crippen molar-refractivity contribution in [2.45, 2.75) is 43.1 Å². The predicted octanol–water partition coefficient (Wildman–Crippen LogP) is 5.27. The van der Waals surface area contributed by atoms with Gasteiger partial charge in [-0.05, 0) is 18.9 Å². The molecule has 4 nitrogen and oxygen atoms in total. The molecule has 0 saturated carbocycles. The molecule has 0 aliphatic rings. The van der Waals surface area contributed by atoms with Crippen molar-refractivity contribution in [2.24, 2.45) is 0 Å². The second kappa shape index (κ2) is 9.92. The van der Waals surface area contributed by atoms with E-state index in [1.807, 2.05) is 31.2 Å². The van der Waals surface area contributed by atoms with Crippen LogP contribution in [0.25, 0.3) is 0 Å². The van der Waals surface area contributed by atoms with Crippen LogP contribution in [0.2, 0.25) is 0 Å². The van der Waals surface area contributed by atoms with Gasteiger partial charge in [0.05, 0.1) is 6.04 Å². The summed E-state index contributed by atoms with van der Waals surface area (Å²) in [4.78, 5) is 25.5. The Labute approximate surface area is 157 Å². The lowest BCUT2D eigenvalue weighted by Gasteiger charge is -2.27. The average molecular weight is 393 g/mol. The number of unbranched alkanes of at least 4 members (excludes halogenated alkanes) is 1. The summed E-state index contributed by atoms with van der Waals surface area (Å²) in [5.74, 6) is -0.945. The van der Waals surface area contributed by atoms with Gasteiger partial charge in [-0.15, -0.1) is 0 Å². The highest BCUT2D eigenvalue weighted by Gasteiger charge is 2.40. The van der Waals surface area contributed by atoms with Crippen LogP contribution in [0.1, 0.15) is 32.3 Å². The van der Waals surface area contributed by atoms with Crippen LogP contribution in [0.3, 0.4) is 0 Å². The van der Waals surface area contributed by atoms with E-state index < -0.39 is 21.8 Å². The molecule has 1 unspecified atom stereocenters. The molecule has 0 radical (unpaired) electrons. The number of imide groups is 1. The van der Waals surface area contributed by atoms with Gasteiger partial charge in [0.1, 0.15) is 6.61 Å². The number of alkyl halides is 3. The van der Waals surface area contributed by atoms with Crippen molar-refractivity contribution in [3.63, 3.8) is 0 Å². The monoisotopic (exact) mass is 391 g/mol. The summed E-state index contributed by atoms with van der Waals surface area (Å²) in [6.45, 7) is 3.70. The van der Waals surface area contributed by atoms with Crippen LogP contribution in [0.15, 0.2) is 42.5 Å². The smallest absolute Gasteiger partial charge is 0.417 e. The highest BCUT2D eigenvalue weighted by molar-refractivity contribution is 6.76. The first-order valence-electron chi connectivity index (χ1n) is 7.55. The number of amides is 2. The molecule has 1 atom stereocenters. The number of allylic oxidation sites excluding steroid dienone is 1. The maximum absolute atomic E-state index is 12.4. The Kier molecular flexibility index (Phi) is 8.60.